The molecule has 35 heavy (non-hydrogen) atoms. The number of nitrogens with zero attached hydrogens (tertiary/aromatic N) is 3. The molecule has 6 rings (SSSR count). The first kappa shape index (κ1) is 21.9. The van der Waals surface area contributed by atoms with Crippen molar-refractivity contribution < 1.29 is 4.74 Å². The second-order valence-corrected chi connectivity index (χ2v) is 9.46. The minimum atomic E-state index is 0.718. The third-order valence-corrected chi connectivity index (χ3v) is 6.87. The van der Waals surface area contributed by atoms with Crippen molar-refractivity contribution in [3.8, 4) is 34.0 Å². The van der Waals surface area contributed by atoms with E-state index in [-0.39, 0.29) is 0 Å². The van der Waals surface area contributed by atoms with Crippen LogP contribution >= 0.6 is 11.6 Å². The molecule has 0 saturated carbocycles. The number of benzene rings is 3. The van der Waals surface area contributed by atoms with Crippen LogP contribution in [0.2, 0.25) is 5.02 Å². The summed E-state index contributed by atoms with van der Waals surface area (Å²) in [6, 6.07) is 18.4. The zero-order valence-corrected chi connectivity index (χ0v) is 20.5. The second-order valence-electron chi connectivity index (χ2n) is 9.02. The Kier molecular flexibility index (Phi) is 5.55. The van der Waals surface area contributed by atoms with Gasteiger partial charge in [-0.15, -0.1) is 0 Å². The predicted octanol–water partition coefficient (Wildman–Crippen LogP) is 6.39. The maximum Gasteiger partial charge on any atom is 0.139 e. The Morgan fingerprint density at radius 1 is 0.857 bits per heavy atom. The lowest BCUT2D eigenvalue weighted by Gasteiger charge is -2.29. The summed E-state index contributed by atoms with van der Waals surface area (Å²) in [5, 5.41) is 0.718. The number of imidazole rings is 2. The van der Waals surface area contributed by atoms with Gasteiger partial charge in [0.25, 0.3) is 0 Å². The van der Waals surface area contributed by atoms with Crippen LogP contribution in [0.25, 0.3) is 45.1 Å². The Hall–Kier alpha value is -3.61. The molecule has 3 heterocycles. The van der Waals surface area contributed by atoms with Crippen LogP contribution in [-0.4, -0.2) is 46.2 Å². The number of fused-ring (bicyclic) bond motifs is 1. The fraction of sp³-hybridized carbons (Fsp3) is 0.214. The number of rotatable bonds is 4. The van der Waals surface area contributed by atoms with Crippen LogP contribution in [0, 0.1) is 13.8 Å². The van der Waals surface area contributed by atoms with E-state index >= 15 is 0 Å². The largest absolute Gasteiger partial charge is 0.378 e. The van der Waals surface area contributed by atoms with Crippen LogP contribution in [0.3, 0.4) is 0 Å². The summed E-state index contributed by atoms with van der Waals surface area (Å²) in [7, 11) is 0. The minimum absolute atomic E-state index is 0.718. The molecule has 1 saturated heterocycles. The van der Waals surface area contributed by atoms with Crippen molar-refractivity contribution >= 4 is 28.3 Å². The van der Waals surface area contributed by atoms with E-state index in [4.69, 9.17) is 21.3 Å². The number of aromatic nitrogens is 4. The van der Waals surface area contributed by atoms with Gasteiger partial charge >= 0.3 is 0 Å². The Labute approximate surface area is 209 Å². The molecule has 5 aromatic rings. The van der Waals surface area contributed by atoms with Gasteiger partial charge in [-0.25, -0.2) is 9.97 Å². The van der Waals surface area contributed by atoms with Gasteiger partial charge in [0.1, 0.15) is 11.6 Å². The molecule has 1 aliphatic heterocycles. The molecule has 0 aliphatic carbocycles. The van der Waals surface area contributed by atoms with Gasteiger partial charge in [-0.1, -0.05) is 23.7 Å². The summed E-state index contributed by atoms with van der Waals surface area (Å²) in [5.74, 6) is 1.71. The van der Waals surface area contributed by atoms with E-state index in [2.05, 4.69) is 58.0 Å². The maximum absolute atomic E-state index is 6.02. The average Bonchev–Trinajstić information content (AvgIpc) is 3.52. The third kappa shape index (κ3) is 4.20. The topological polar surface area (TPSA) is 69.8 Å². The lowest BCUT2D eigenvalue weighted by molar-refractivity contribution is 0.122. The number of H-pyrrole nitrogens is 2. The van der Waals surface area contributed by atoms with Gasteiger partial charge in [-0.05, 0) is 73.0 Å². The van der Waals surface area contributed by atoms with Crippen molar-refractivity contribution in [2.24, 2.45) is 0 Å². The summed E-state index contributed by atoms with van der Waals surface area (Å²) >= 11 is 6.02. The molecule has 0 unspecified atom stereocenters. The molecule has 0 spiro atoms. The van der Waals surface area contributed by atoms with E-state index in [9.17, 15) is 0 Å². The standard InChI is InChI=1S/C28H26ClN5O/c1-17-13-22(34-9-11-35-12-10-34)14-18(2)26(17)28-31-23-8-5-20(15-24(23)32-28)27-30-16-25(33-27)19-3-6-21(29)7-4-19/h3-8,13-16H,9-12H2,1-2H3,(H,30,33)(H,31,32). The van der Waals surface area contributed by atoms with E-state index in [1.54, 1.807) is 0 Å². The number of ether oxygens (including phenoxy) is 1. The smallest absolute Gasteiger partial charge is 0.139 e. The predicted molar refractivity (Wildman–Crippen MR) is 142 cm³/mol. The van der Waals surface area contributed by atoms with Gasteiger partial charge in [0.15, 0.2) is 0 Å². The molecule has 0 amide bonds. The van der Waals surface area contributed by atoms with Crippen molar-refractivity contribution in [2.75, 3.05) is 31.2 Å². The van der Waals surface area contributed by atoms with E-state index in [0.29, 0.717) is 0 Å². The molecule has 6 nitrogen and oxygen atoms in total. The van der Waals surface area contributed by atoms with Crippen LogP contribution in [0.1, 0.15) is 11.1 Å². The van der Waals surface area contributed by atoms with E-state index < -0.39 is 0 Å². The number of aryl methyl sites for hydroxylation is 2. The highest BCUT2D eigenvalue weighted by Crippen LogP contribution is 2.32. The molecule has 0 radical (unpaired) electrons. The third-order valence-electron chi connectivity index (χ3n) is 6.62. The van der Waals surface area contributed by atoms with Crippen LogP contribution in [0.15, 0.2) is 60.8 Å². The Balaban J connectivity index is 1.32. The summed E-state index contributed by atoms with van der Waals surface area (Å²) in [6.45, 7) is 7.74. The molecular formula is C28H26ClN5O. The van der Waals surface area contributed by atoms with Crippen molar-refractivity contribution in [2.45, 2.75) is 13.8 Å². The molecule has 1 aliphatic rings. The molecule has 176 valence electrons. The molecule has 2 N–H and O–H groups in total. The number of nitrogens with one attached hydrogen (secondary N) is 2. The molecule has 2 aromatic heterocycles. The van der Waals surface area contributed by atoms with Crippen molar-refractivity contribution in [3.05, 3.63) is 76.9 Å². The van der Waals surface area contributed by atoms with E-state index in [0.717, 1.165) is 76.4 Å². The quantitative estimate of drug-likeness (QED) is 0.310. The van der Waals surface area contributed by atoms with Crippen molar-refractivity contribution in [1.82, 2.24) is 19.9 Å². The van der Waals surface area contributed by atoms with Crippen LogP contribution in [0.4, 0.5) is 5.69 Å². The van der Waals surface area contributed by atoms with Gasteiger partial charge in [0.05, 0.1) is 36.1 Å². The van der Waals surface area contributed by atoms with E-state index in [1.165, 1.54) is 16.8 Å². The molecule has 0 bridgehead atoms. The molecular weight excluding hydrogens is 458 g/mol. The molecule has 1 fully saturated rings. The summed E-state index contributed by atoms with van der Waals surface area (Å²) in [5.41, 5.74) is 9.75. The SMILES string of the molecule is Cc1cc(N2CCOCC2)cc(C)c1-c1nc2ccc(-c3ncc(-c4ccc(Cl)cc4)[nH]3)cc2[nH]1. The van der Waals surface area contributed by atoms with Gasteiger partial charge in [-0.3, -0.25) is 0 Å². The van der Waals surface area contributed by atoms with Gasteiger partial charge in [-0.2, -0.15) is 0 Å². The van der Waals surface area contributed by atoms with Gasteiger partial charge in [0, 0.05) is 34.9 Å². The highest BCUT2D eigenvalue weighted by Gasteiger charge is 2.17. The number of halogens is 1. The molecule has 7 heteroatoms. The average molecular weight is 484 g/mol. The lowest BCUT2D eigenvalue weighted by Crippen LogP contribution is -2.36. The summed E-state index contributed by atoms with van der Waals surface area (Å²) < 4.78 is 5.51. The maximum atomic E-state index is 6.02. The highest BCUT2D eigenvalue weighted by atomic mass is 35.5. The van der Waals surface area contributed by atoms with E-state index in [1.807, 2.05) is 36.5 Å². The van der Waals surface area contributed by atoms with Crippen molar-refractivity contribution in [1.29, 1.82) is 0 Å². The zero-order chi connectivity index (χ0) is 23.9. The summed E-state index contributed by atoms with van der Waals surface area (Å²) in [4.78, 5) is 18.9. The fourth-order valence-corrected chi connectivity index (χ4v) is 4.96. The second kappa shape index (κ2) is 8.87. The number of aromatic amines is 2. The minimum Gasteiger partial charge on any atom is -0.378 e. The summed E-state index contributed by atoms with van der Waals surface area (Å²) in [6.07, 6.45) is 1.85. The number of hydrogen-bond donors (Lipinski definition) is 2. The first-order chi connectivity index (χ1) is 17.0. The molecule has 3 aromatic carbocycles. The Morgan fingerprint density at radius 2 is 1.57 bits per heavy atom. The van der Waals surface area contributed by atoms with Gasteiger partial charge in [0.2, 0.25) is 0 Å². The first-order valence-electron chi connectivity index (χ1n) is 11.8. The zero-order valence-electron chi connectivity index (χ0n) is 19.7. The fourth-order valence-electron chi connectivity index (χ4n) is 4.84. The number of hydrogen-bond acceptors (Lipinski definition) is 4. The number of anilines is 1. The van der Waals surface area contributed by atoms with Crippen molar-refractivity contribution in [3.63, 3.8) is 0 Å². The molecule has 0 atom stereocenters. The monoisotopic (exact) mass is 483 g/mol. The Morgan fingerprint density at radius 3 is 2.31 bits per heavy atom. The highest BCUT2D eigenvalue weighted by molar-refractivity contribution is 6.30. The van der Waals surface area contributed by atoms with Crippen LogP contribution in [-0.2, 0) is 4.74 Å². The van der Waals surface area contributed by atoms with Crippen LogP contribution in [0.5, 0.6) is 0 Å². The lowest BCUT2D eigenvalue weighted by atomic mass is 10.0. The Bertz CT molecular complexity index is 1490. The van der Waals surface area contributed by atoms with Crippen LogP contribution < -0.4 is 4.90 Å². The van der Waals surface area contributed by atoms with Gasteiger partial charge < -0.3 is 19.6 Å². The normalized spacial score (nSPS) is 14.1. The number of morpholine rings is 1. The first-order valence-corrected chi connectivity index (χ1v) is 12.2.